The van der Waals surface area contributed by atoms with Gasteiger partial charge >= 0.3 is 5.97 Å². The molecule has 0 aliphatic heterocycles. The van der Waals surface area contributed by atoms with Crippen molar-refractivity contribution in [2.75, 3.05) is 7.11 Å². The average molecular weight is 491 g/mol. The second-order valence-corrected chi connectivity index (χ2v) is 8.23. The van der Waals surface area contributed by atoms with E-state index in [1.807, 2.05) is 54.6 Å². The number of rotatable bonds is 6. The van der Waals surface area contributed by atoms with Gasteiger partial charge in [-0.15, -0.1) is 0 Å². The van der Waals surface area contributed by atoms with Crippen molar-refractivity contribution >= 4 is 39.6 Å². The lowest BCUT2D eigenvalue weighted by molar-refractivity contribution is 0.0734. The van der Waals surface area contributed by atoms with Gasteiger partial charge in [-0.2, -0.15) is 5.10 Å². The second-order valence-electron chi connectivity index (χ2n) is 8.23. The normalized spacial score (nSPS) is 11.1. The largest absolute Gasteiger partial charge is 0.507 e. The van der Waals surface area contributed by atoms with Crippen LogP contribution in [0.3, 0.4) is 0 Å². The Morgan fingerprint density at radius 1 is 0.838 bits per heavy atom. The first-order chi connectivity index (χ1) is 18.0. The molecule has 0 aliphatic carbocycles. The number of hydrogen-bond donors (Lipinski definition) is 2. The Hall–Kier alpha value is -5.17. The monoisotopic (exact) mass is 490 g/mol. The Morgan fingerprint density at radius 3 is 2.24 bits per heavy atom. The topological polar surface area (TPSA) is 97.2 Å². The molecule has 2 N–H and O–H groups in total. The minimum atomic E-state index is -0.573. The number of amides is 1. The maximum absolute atomic E-state index is 12.8. The number of hydrazone groups is 1. The molecule has 0 atom stereocenters. The molecule has 5 rings (SSSR count). The number of methoxy groups -OCH3 is 1. The molecule has 0 bridgehead atoms. The van der Waals surface area contributed by atoms with Crippen molar-refractivity contribution in [1.82, 2.24) is 5.43 Å². The van der Waals surface area contributed by atoms with E-state index in [1.54, 1.807) is 43.5 Å². The molecule has 0 saturated carbocycles. The van der Waals surface area contributed by atoms with Gasteiger partial charge in [-0.3, -0.25) is 4.79 Å². The standard InChI is InChI=1S/C30H22N2O5/c1-36-23-13-10-20(11-14-23)30(35)37-28-15-12-19-6-4-5-9-24(19)26(28)18-31-32-29(34)25-16-21-7-2-3-8-22(21)17-27(25)33/h2-18,33H,1H3,(H,32,34). The van der Waals surface area contributed by atoms with Gasteiger partial charge in [-0.05, 0) is 64.0 Å². The molecule has 37 heavy (non-hydrogen) atoms. The van der Waals surface area contributed by atoms with Crippen molar-refractivity contribution in [3.05, 3.63) is 114 Å². The van der Waals surface area contributed by atoms with Crippen LogP contribution in [0.5, 0.6) is 17.2 Å². The van der Waals surface area contributed by atoms with E-state index in [1.165, 1.54) is 12.3 Å². The molecule has 5 aromatic carbocycles. The van der Waals surface area contributed by atoms with Gasteiger partial charge < -0.3 is 14.6 Å². The summed E-state index contributed by atoms with van der Waals surface area (Å²) in [7, 11) is 1.55. The first-order valence-electron chi connectivity index (χ1n) is 11.5. The Balaban J connectivity index is 1.42. The van der Waals surface area contributed by atoms with E-state index in [2.05, 4.69) is 10.5 Å². The first kappa shape index (κ1) is 23.6. The smallest absolute Gasteiger partial charge is 0.343 e. The highest BCUT2D eigenvalue weighted by molar-refractivity contribution is 6.05. The first-order valence-corrected chi connectivity index (χ1v) is 11.5. The van der Waals surface area contributed by atoms with Crippen LogP contribution in [0.4, 0.5) is 0 Å². The molecule has 0 fully saturated rings. The van der Waals surface area contributed by atoms with Crippen LogP contribution < -0.4 is 14.9 Å². The number of hydrogen-bond acceptors (Lipinski definition) is 6. The van der Waals surface area contributed by atoms with Crippen LogP contribution >= 0.6 is 0 Å². The predicted octanol–water partition coefficient (Wildman–Crippen LogP) is 5.69. The molecule has 0 aromatic heterocycles. The molecule has 0 spiro atoms. The lowest BCUT2D eigenvalue weighted by atomic mass is 10.0. The number of nitrogens with one attached hydrogen (secondary N) is 1. The van der Waals surface area contributed by atoms with E-state index in [9.17, 15) is 14.7 Å². The third-order valence-corrected chi connectivity index (χ3v) is 5.93. The summed E-state index contributed by atoms with van der Waals surface area (Å²) in [5.41, 5.74) is 3.43. The Labute approximate surface area is 212 Å². The van der Waals surface area contributed by atoms with E-state index < -0.39 is 11.9 Å². The Kier molecular flexibility index (Phi) is 6.50. The van der Waals surface area contributed by atoms with Crippen LogP contribution in [0, 0.1) is 0 Å². The van der Waals surface area contributed by atoms with E-state index in [0.29, 0.717) is 16.9 Å². The molecular formula is C30H22N2O5. The Bertz CT molecular complexity index is 1660. The van der Waals surface area contributed by atoms with Gasteiger partial charge in [-0.25, -0.2) is 10.2 Å². The van der Waals surface area contributed by atoms with E-state index in [4.69, 9.17) is 9.47 Å². The van der Waals surface area contributed by atoms with Crippen LogP contribution in [-0.2, 0) is 0 Å². The summed E-state index contributed by atoms with van der Waals surface area (Å²) in [4.78, 5) is 25.6. The fourth-order valence-corrected chi connectivity index (χ4v) is 4.01. The molecule has 0 radical (unpaired) electrons. The number of phenolic OH excluding ortho intramolecular Hbond substituents is 1. The number of esters is 1. The number of nitrogens with zero attached hydrogens (tertiary/aromatic N) is 1. The van der Waals surface area contributed by atoms with Crippen LogP contribution in [-0.4, -0.2) is 30.3 Å². The zero-order chi connectivity index (χ0) is 25.8. The zero-order valence-corrected chi connectivity index (χ0v) is 19.8. The van der Waals surface area contributed by atoms with Crippen molar-refractivity contribution in [3.63, 3.8) is 0 Å². The predicted molar refractivity (Wildman–Crippen MR) is 143 cm³/mol. The van der Waals surface area contributed by atoms with Crippen molar-refractivity contribution in [1.29, 1.82) is 0 Å². The van der Waals surface area contributed by atoms with Crippen molar-refractivity contribution < 1.29 is 24.2 Å². The summed E-state index contributed by atoms with van der Waals surface area (Å²) in [6.45, 7) is 0. The zero-order valence-electron chi connectivity index (χ0n) is 19.8. The number of ether oxygens (including phenoxy) is 2. The van der Waals surface area contributed by atoms with Gasteiger partial charge in [0.1, 0.15) is 17.2 Å². The van der Waals surface area contributed by atoms with Crippen molar-refractivity contribution in [2.24, 2.45) is 5.10 Å². The lowest BCUT2D eigenvalue weighted by Crippen LogP contribution is -2.18. The van der Waals surface area contributed by atoms with E-state index in [-0.39, 0.29) is 17.1 Å². The molecule has 0 saturated heterocycles. The fraction of sp³-hybridized carbons (Fsp3) is 0.0333. The molecule has 5 aromatic rings. The summed E-state index contributed by atoms with van der Waals surface area (Å²) in [5, 5.41) is 17.8. The Morgan fingerprint density at radius 2 is 1.51 bits per heavy atom. The molecule has 7 heteroatoms. The molecule has 182 valence electrons. The highest BCUT2D eigenvalue weighted by atomic mass is 16.5. The number of fused-ring (bicyclic) bond motifs is 2. The summed E-state index contributed by atoms with van der Waals surface area (Å²) >= 11 is 0. The van der Waals surface area contributed by atoms with Crippen LogP contribution in [0.15, 0.2) is 102 Å². The van der Waals surface area contributed by atoms with Crippen LogP contribution in [0.25, 0.3) is 21.5 Å². The van der Waals surface area contributed by atoms with Gasteiger partial charge in [-0.1, -0.05) is 54.6 Å². The highest BCUT2D eigenvalue weighted by Gasteiger charge is 2.15. The van der Waals surface area contributed by atoms with Crippen LogP contribution in [0.1, 0.15) is 26.3 Å². The summed E-state index contributed by atoms with van der Waals surface area (Å²) in [5.74, 6) is -0.353. The molecule has 0 heterocycles. The summed E-state index contributed by atoms with van der Waals surface area (Å²) in [6, 6.07) is 28.2. The average Bonchev–Trinajstić information content (AvgIpc) is 2.93. The van der Waals surface area contributed by atoms with Gasteiger partial charge in [0.15, 0.2) is 0 Å². The molecule has 1 amide bonds. The third kappa shape index (κ3) is 4.97. The third-order valence-electron chi connectivity index (χ3n) is 5.93. The molecule has 0 unspecified atom stereocenters. The van der Waals surface area contributed by atoms with E-state index in [0.717, 1.165) is 21.5 Å². The number of aromatic hydroxyl groups is 1. The van der Waals surface area contributed by atoms with Gasteiger partial charge in [0.05, 0.1) is 24.5 Å². The SMILES string of the molecule is COc1ccc(C(=O)Oc2ccc3ccccc3c2C=NNC(=O)c2cc3ccccc3cc2O)cc1. The fourth-order valence-electron chi connectivity index (χ4n) is 4.01. The molecular weight excluding hydrogens is 468 g/mol. The minimum absolute atomic E-state index is 0.0972. The number of phenols is 1. The van der Waals surface area contributed by atoms with Gasteiger partial charge in [0, 0.05) is 5.56 Å². The number of carbonyl (C=O) groups excluding carboxylic acids is 2. The lowest BCUT2D eigenvalue weighted by Gasteiger charge is -2.11. The maximum atomic E-state index is 12.8. The van der Waals surface area contributed by atoms with Crippen molar-refractivity contribution in [2.45, 2.75) is 0 Å². The van der Waals surface area contributed by atoms with Gasteiger partial charge in [0.2, 0.25) is 0 Å². The van der Waals surface area contributed by atoms with Crippen molar-refractivity contribution in [3.8, 4) is 17.2 Å². The summed E-state index contributed by atoms with van der Waals surface area (Å²) in [6.07, 6.45) is 1.43. The highest BCUT2D eigenvalue weighted by Crippen LogP contribution is 2.28. The number of benzene rings is 5. The van der Waals surface area contributed by atoms with Crippen LogP contribution in [0.2, 0.25) is 0 Å². The maximum Gasteiger partial charge on any atom is 0.343 e. The molecule has 0 aliphatic rings. The number of carbonyl (C=O) groups is 2. The summed E-state index contributed by atoms with van der Waals surface area (Å²) < 4.78 is 10.8. The molecule has 7 nitrogen and oxygen atoms in total. The van der Waals surface area contributed by atoms with Gasteiger partial charge in [0.25, 0.3) is 5.91 Å². The second kappa shape index (κ2) is 10.2. The van der Waals surface area contributed by atoms with E-state index >= 15 is 0 Å². The minimum Gasteiger partial charge on any atom is -0.507 e. The quantitative estimate of drug-likeness (QED) is 0.138.